The van der Waals surface area contributed by atoms with E-state index in [4.69, 9.17) is 4.74 Å². The quantitative estimate of drug-likeness (QED) is 0.599. The van der Waals surface area contributed by atoms with E-state index in [1.165, 1.54) is 24.3 Å². The van der Waals surface area contributed by atoms with Crippen LogP contribution in [0.1, 0.15) is 38.1 Å². The molecular weight excluding hydrogens is 294 g/mol. The largest absolute Gasteiger partial charge is 0.494 e. The Bertz CT molecular complexity index is 699. The third kappa shape index (κ3) is 3.30. The average Bonchev–Trinajstić information content (AvgIpc) is 3.07. The Kier molecular flexibility index (Phi) is 4.73. The monoisotopic (exact) mass is 315 g/mol. The predicted molar refractivity (Wildman–Crippen MR) is 90.7 cm³/mol. The molecule has 3 rings (SSSR count). The number of unbranched alkanes of at least 4 members (excludes halogenated alkanes) is 2. The van der Waals surface area contributed by atoms with Crippen molar-refractivity contribution in [3.8, 4) is 17.0 Å². The van der Waals surface area contributed by atoms with Gasteiger partial charge in [0.05, 0.1) is 18.5 Å². The topological polar surface area (TPSA) is 39.4 Å². The molecule has 0 bridgehead atoms. The van der Waals surface area contributed by atoms with Crippen molar-refractivity contribution in [3.05, 3.63) is 35.5 Å². The fraction of sp³-hybridized carbons (Fsp3) is 0.412. The number of rotatable bonds is 7. The van der Waals surface area contributed by atoms with E-state index in [9.17, 15) is 0 Å². The third-order valence-corrected chi connectivity index (χ3v) is 4.52. The summed E-state index contributed by atoms with van der Waals surface area (Å²) in [5.74, 6) is 0.892. The van der Waals surface area contributed by atoms with E-state index in [0.717, 1.165) is 28.4 Å². The van der Waals surface area contributed by atoms with Gasteiger partial charge in [0.2, 0.25) is 4.96 Å². The number of hydrogen-bond acceptors (Lipinski definition) is 4. The lowest BCUT2D eigenvalue weighted by molar-refractivity contribution is 0.340. The highest BCUT2D eigenvalue weighted by atomic mass is 32.1. The minimum absolute atomic E-state index is 0.685. The van der Waals surface area contributed by atoms with E-state index >= 15 is 0 Å². The van der Waals surface area contributed by atoms with Gasteiger partial charge in [-0.1, -0.05) is 31.1 Å². The molecule has 0 aliphatic carbocycles. The number of benzene rings is 1. The van der Waals surface area contributed by atoms with Crippen LogP contribution in [0, 0.1) is 0 Å². The maximum Gasteiger partial charge on any atom is 0.212 e. The standard InChI is InChI=1S/C17H21N3OS/c1-3-5-6-7-16-19-20-12-15(18-17(20)22-16)13-8-10-14(11-9-13)21-4-2/h8-12H,3-7H2,1-2H3. The molecule has 0 amide bonds. The zero-order chi connectivity index (χ0) is 15.4. The second kappa shape index (κ2) is 6.92. The lowest BCUT2D eigenvalue weighted by Gasteiger charge is -2.02. The highest BCUT2D eigenvalue weighted by Crippen LogP contribution is 2.24. The Morgan fingerprint density at radius 3 is 2.64 bits per heavy atom. The van der Waals surface area contributed by atoms with Crippen molar-refractivity contribution in [1.29, 1.82) is 0 Å². The summed E-state index contributed by atoms with van der Waals surface area (Å²) in [5, 5.41) is 5.80. The zero-order valence-corrected chi connectivity index (χ0v) is 13.9. The summed E-state index contributed by atoms with van der Waals surface area (Å²) in [6, 6.07) is 8.05. The van der Waals surface area contributed by atoms with E-state index in [1.54, 1.807) is 11.3 Å². The second-order valence-electron chi connectivity index (χ2n) is 5.26. The molecule has 0 saturated carbocycles. The molecule has 0 atom stereocenters. The van der Waals surface area contributed by atoms with Crippen molar-refractivity contribution in [2.45, 2.75) is 39.5 Å². The fourth-order valence-corrected chi connectivity index (χ4v) is 3.31. The van der Waals surface area contributed by atoms with Gasteiger partial charge < -0.3 is 4.74 Å². The van der Waals surface area contributed by atoms with Gasteiger partial charge in [0.25, 0.3) is 0 Å². The minimum Gasteiger partial charge on any atom is -0.494 e. The molecule has 0 unspecified atom stereocenters. The molecule has 2 heterocycles. The van der Waals surface area contributed by atoms with Crippen LogP contribution < -0.4 is 4.74 Å². The van der Waals surface area contributed by atoms with Gasteiger partial charge in [-0.15, -0.1) is 0 Å². The van der Waals surface area contributed by atoms with Crippen LogP contribution in [0.3, 0.4) is 0 Å². The number of imidazole rings is 1. The summed E-state index contributed by atoms with van der Waals surface area (Å²) >= 11 is 1.69. The SMILES string of the molecule is CCCCCc1nn2cc(-c3ccc(OCC)cc3)nc2s1. The molecule has 5 heteroatoms. The number of hydrogen-bond donors (Lipinski definition) is 0. The van der Waals surface area contributed by atoms with E-state index in [2.05, 4.69) is 17.0 Å². The van der Waals surface area contributed by atoms with Crippen LogP contribution >= 0.6 is 11.3 Å². The maximum atomic E-state index is 5.47. The second-order valence-corrected chi connectivity index (χ2v) is 6.30. The number of fused-ring (bicyclic) bond motifs is 1. The molecule has 4 nitrogen and oxygen atoms in total. The van der Waals surface area contributed by atoms with Crippen molar-refractivity contribution in [3.63, 3.8) is 0 Å². The van der Waals surface area contributed by atoms with Crippen LogP contribution in [0.15, 0.2) is 30.5 Å². The molecule has 3 aromatic rings. The van der Waals surface area contributed by atoms with E-state index in [-0.39, 0.29) is 0 Å². The smallest absolute Gasteiger partial charge is 0.212 e. The normalized spacial score (nSPS) is 11.2. The van der Waals surface area contributed by atoms with E-state index in [0.29, 0.717) is 6.61 Å². The fourth-order valence-electron chi connectivity index (χ4n) is 2.40. The Morgan fingerprint density at radius 1 is 1.14 bits per heavy atom. The van der Waals surface area contributed by atoms with Crippen LogP contribution in [-0.2, 0) is 6.42 Å². The Balaban J connectivity index is 1.75. The number of aryl methyl sites for hydroxylation is 1. The van der Waals surface area contributed by atoms with Gasteiger partial charge >= 0.3 is 0 Å². The van der Waals surface area contributed by atoms with Crippen molar-refractivity contribution < 1.29 is 4.74 Å². The molecule has 0 saturated heterocycles. The first-order chi connectivity index (χ1) is 10.8. The molecular formula is C17H21N3OS. The van der Waals surface area contributed by atoms with Gasteiger partial charge in [0, 0.05) is 12.0 Å². The number of nitrogens with zero attached hydrogens (tertiary/aromatic N) is 3. The van der Waals surface area contributed by atoms with Crippen molar-refractivity contribution in [1.82, 2.24) is 14.6 Å². The van der Waals surface area contributed by atoms with Crippen molar-refractivity contribution in [2.24, 2.45) is 0 Å². The molecule has 22 heavy (non-hydrogen) atoms. The first-order valence-corrected chi connectivity index (χ1v) is 8.70. The van der Waals surface area contributed by atoms with E-state index in [1.807, 2.05) is 41.9 Å². The van der Waals surface area contributed by atoms with Gasteiger partial charge in [-0.3, -0.25) is 0 Å². The third-order valence-electron chi connectivity index (χ3n) is 3.54. The summed E-state index contributed by atoms with van der Waals surface area (Å²) < 4.78 is 7.37. The lowest BCUT2D eigenvalue weighted by atomic mass is 10.2. The van der Waals surface area contributed by atoms with Gasteiger partial charge in [0.1, 0.15) is 10.8 Å². The van der Waals surface area contributed by atoms with Gasteiger partial charge in [-0.25, -0.2) is 9.50 Å². The summed E-state index contributed by atoms with van der Waals surface area (Å²) in [7, 11) is 0. The molecule has 116 valence electrons. The summed E-state index contributed by atoms with van der Waals surface area (Å²) in [6.45, 7) is 4.89. The lowest BCUT2D eigenvalue weighted by Crippen LogP contribution is -1.90. The molecule has 0 aliphatic heterocycles. The molecule has 0 N–H and O–H groups in total. The molecule has 0 fully saturated rings. The molecule has 0 radical (unpaired) electrons. The molecule has 0 aliphatic rings. The highest BCUT2D eigenvalue weighted by molar-refractivity contribution is 7.16. The van der Waals surface area contributed by atoms with Crippen molar-refractivity contribution in [2.75, 3.05) is 6.61 Å². The Hall–Kier alpha value is -1.88. The Labute approximate surface area is 134 Å². The maximum absolute atomic E-state index is 5.47. The van der Waals surface area contributed by atoms with Crippen LogP contribution in [0.25, 0.3) is 16.2 Å². The average molecular weight is 315 g/mol. The minimum atomic E-state index is 0.685. The first-order valence-electron chi connectivity index (χ1n) is 7.88. The van der Waals surface area contributed by atoms with Gasteiger partial charge in [-0.05, 0) is 37.6 Å². The van der Waals surface area contributed by atoms with Crippen LogP contribution in [0.2, 0.25) is 0 Å². The van der Waals surface area contributed by atoms with Gasteiger partial charge in [-0.2, -0.15) is 5.10 Å². The molecule has 0 spiro atoms. The van der Waals surface area contributed by atoms with Crippen LogP contribution in [0.5, 0.6) is 5.75 Å². The summed E-state index contributed by atoms with van der Waals surface area (Å²) in [4.78, 5) is 5.65. The number of ether oxygens (including phenoxy) is 1. The zero-order valence-electron chi connectivity index (χ0n) is 13.1. The number of aromatic nitrogens is 3. The van der Waals surface area contributed by atoms with E-state index < -0.39 is 0 Å². The summed E-state index contributed by atoms with van der Waals surface area (Å²) in [6.07, 6.45) is 6.77. The molecule has 2 aromatic heterocycles. The summed E-state index contributed by atoms with van der Waals surface area (Å²) in [5.41, 5.74) is 2.05. The highest BCUT2D eigenvalue weighted by Gasteiger charge is 2.09. The van der Waals surface area contributed by atoms with Crippen LogP contribution in [0.4, 0.5) is 0 Å². The van der Waals surface area contributed by atoms with Gasteiger partial charge in [0.15, 0.2) is 0 Å². The van der Waals surface area contributed by atoms with Crippen molar-refractivity contribution >= 4 is 16.3 Å². The first kappa shape index (κ1) is 15.0. The molecule has 1 aromatic carbocycles. The predicted octanol–water partition coefficient (Wildman–Crippen LogP) is 4.59. The van der Waals surface area contributed by atoms with Crippen LogP contribution in [-0.4, -0.2) is 21.2 Å². The Morgan fingerprint density at radius 2 is 1.95 bits per heavy atom.